The Kier molecular flexibility index (Phi) is 14.1. The average Bonchev–Trinajstić information content (AvgIpc) is 3.52. The van der Waals surface area contributed by atoms with E-state index in [0.29, 0.717) is 12.8 Å². The van der Waals surface area contributed by atoms with Crippen LogP contribution in [0.1, 0.15) is 99.5 Å². The number of nitrogens with zero attached hydrogens (tertiary/aromatic N) is 1. The predicted molar refractivity (Wildman–Crippen MR) is 198 cm³/mol. The van der Waals surface area contributed by atoms with Gasteiger partial charge in [0, 0.05) is 24.9 Å². The van der Waals surface area contributed by atoms with Crippen LogP contribution in [0.2, 0.25) is 0 Å². The summed E-state index contributed by atoms with van der Waals surface area (Å²) in [5, 5.41) is 10.7. The summed E-state index contributed by atoms with van der Waals surface area (Å²) in [7, 11) is 1.36. The van der Waals surface area contributed by atoms with Crippen LogP contribution in [0.15, 0.2) is 30.3 Å². The second-order valence-corrected chi connectivity index (χ2v) is 17.1. The Bertz CT molecular complexity index is 1500. The molecule has 1 saturated carbocycles. The smallest absolute Gasteiger partial charge is 0.329 e. The van der Waals surface area contributed by atoms with Gasteiger partial charge in [0.1, 0.15) is 24.7 Å². The van der Waals surface area contributed by atoms with E-state index >= 15 is 0 Å². The van der Waals surface area contributed by atoms with Crippen molar-refractivity contribution < 1.29 is 33.5 Å². The molecule has 286 valence electrons. The van der Waals surface area contributed by atoms with E-state index in [0.717, 1.165) is 24.8 Å². The lowest BCUT2D eigenvalue weighted by Gasteiger charge is -2.39. The molecule has 2 fully saturated rings. The zero-order valence-electron chi connectivity index (χ0n) is 32.4. The Labute approximate surface area is 309 Å². The fraction of sp³-hybridized carbons (Fsp3) is 0.650. The number of ketones is 1. The van der Waals surface area contributed by atoms with Gasteiger partial charge in [-0.15, -0.1) is 12.3 Å². The minimum absolute atomic E-state index is 0.0382. The van der Waals surface area contributed by atoms with E-state index < -0.39 is 76.4 Å². The van der Waals surface area contributed by atoms with Gasteiger partial charge in [-0.1, -0.05) is 91.1 Å². The number of benzene rings is 1. The van der Waals surface area contributed by atoms with Crippen LogP contribution >= 0.6 is 0 Å². The third kappa shape index (κ3) is 11.3. The third-order valence-corrected chi connectivity index (χ3v) is 10.1. The number of esters is 1. The molecule has 5 atom stereocenters. The van der Waals surface area contributed by atoms with Crippen molar-refractivity contribution in [2.75, 3.05) is 13.6 Å². The summed E-state index contributed by atoms with van der Waals surface area (Å²) >= 11 is 0. The number of urea groups is 1. The Hall–Kier alpha value is -4.40. The number of terminal acetylenes is 1. The molecule has 1 aliphatic heterocycles. The highest BCUT2D eigenvalue weighted by Gasteiger charge is 2.51. The molecular formula is C40H59N5O7. The second kappa shape index (κ2) is 17.4. The molecule has 2 aliphatic rings. The first kappa shape index (κ1) is 42.0. The Balaban J connectivity index is 1.87. The quantitative estimate of drug-likeness (QED) is 0.128. The summed E-state index contributed by atoms with van der Waals surface area (Å²) in [4.78, 5) is 82.7. The molecule has 1 heterocycles. The molecule has 4 N–H and O–H groups in total. The molecule has 0 radical (unpaired) electrons. The van der Waals surface area contributed by atoms with Crippen LogP contribution in [0.25, 0.3) is 0 Å². The van der Waals surface area contributed by atoms with E-state index in [-0.39, 0.29) is 30.9 Å². The predicted octanol–water partition coefficient (Wildman–Crippen LogP) is 4.12. The zero-order chi connectivity index (χ0) is 39.0. The number of Topliss-reactive ketones (excluding diaryl/α,β-unsaturated/α-hetero) is 1. The Morgan fingerprint density at radius 2 is 1.54 bits per heavy atom. The molecule has 0 bridgehead atoms. The number of ether oxygens (including phenoxy) is 1. The summed E-state index contributed by atoms with van der Waals surface area (Å²) in [5.41, 5.74) is -1.19. The molecule has 12 heteroatoms. The van der Waals surface area contributed by atoms with Crippen LogP contribution in [0.3, 0.4) is 0 Å². The molecule has 1 aliphatic carbocycles. The van der Waals surface area contributed by atoms with Gasteiger partial charge in [-0.25, -0.2) is 9.59 Å². The molecule has 0 spiro atoms. The van der Waals surface area contributed by atoms with Crippen molar-refractivity contribution in [3.63, 3.8) is 0 Å². The molecule has 1 saturated heterocycles. The van der Waals surface area contributed by atoms with Gasteiger partial charge in [0.2, 0.25) is 17.6 Å². The Morgan fingerprint density at radius 3 is 2.06 bits per heavy atom. The van der Waals surface area contributed by atoms with Crippen molar-refractivity contribution in [3.8, 4) is 12.3 Å². The van der Waals surface area contributed by atoms with E-state index in [1.54, 1.807) is 20.8 Å². The van der Waals surface area contributed by atoms with Crippen molar-refractivity contribution in [1.82, 2.24) is 26.2 Å². The molecule has 5 amide bonds. The lowest BCUT2D eigenvalue weighted by Crippen LogP contribution is -2.62. The number of likely N-dealkylation sites (tertiary alicyclic amines) is 1. The second-order valence-electron chi connectivity index (χ2n) is 17.1. The zero-order valence-corrected chi connectivity index (χ0v) is 32.4. The van der Waals surface area contributed by atoms with Gasteiger partial charge < -0.3 is 30.9 Å². The van der Waals surface area contributed by atoms with Gasteiger partial charge in [-0.3, -0.25) is 19.2 Å². The van der Waals surface area contributed by atoms with Gasteiger partial charge in [-0.05, 0) is 55.4 Å². The van der Waals surface area contributed by atoms with Gasteiger partial charge in [0.15, 0.2) is 0 Å². The number of hydrogen-bond acceptors (Lipinski definition) is 7. The summed E-state index contributed by atoms with van der Waals surface area (Å²) in [6.45, 7) is 15.1. The maximum absolute atomic E-state index is 14.5. The highest BCUT2D eigenvalue weighted by molar-refractivity contribution is 6.38. The van der Waals surface area contributed by atoms with Crippen LogP contribution in [0.4, 0.5) is 4.79 Å². The van der Waals surface area contributed by atoms with Crippen LogP contribution in [-0.2, 0) is 35.3 Å². The molecule has 52 heavy (non-hydrogen) atoms. The standard InChI is InChI=1S/C40H59N5O7/c1-11-40(8,9)27-20-21-45(30(27)33(47)42-28(22-25-18-15-19-25)31(46)34(48)41-10)35(49)32(39(5,6)7)44-37(51)43-29(23-38(2,3)4)36(50)52-24-26-16-13-12-14-17-26/h1,12-14,16-17,25,27-30,32H,15,18-24H2,2-10H3,(H,41,48)(H,42,47)(H2,43,44,51)/t27-,28?,29-,30-,32+/m0/s1. The molecule has 1 unspecified atom stereocenters. The normalized spacial score (nSPS) is 19.6. The molecule has 0 aromatic heterocycles. The fourth-order valence-corrected chi connectivity index (χ4v) is 6.84. The van der Waals surface area contributed by atoms with Crippen molar-refractivity contribution in [3.05, 3.63) is 35.9 Å². The number of likely N-dealkylation sites (N-methyl/N-ethyl adjacent to an activating group) is 1. The summed E-state index contributed by atoms with van der Waals surface area (Å²) in [5.74, 6) is -0.755. The van der Waals surface area contributed by atoms with E-state index in [4.69, 9.17) is 11.2 Å². The molecule has 1 aromatic carbocycles. The van der Waals surface area contributed by atoms with Crippen LogP contribution < -0.4 is 21.3 Å². The molecule has 1 aromatic rings. The SMILES string of the molecule is C#CC(C)(C)[C@H]1CCN(C(=O)[C@@H](NC(=O)N[C@@H](CC(C)(C)C)C(=O)OCc2ccccc2)C(C)(C)C)[C@@H]1C(=O)NC(CC1CCC1)C(=O)C(=O)NC. The number of nitrogens with one attached hydrogen (secondary N) is 4. The Morgan fingerprint density at radius 1 is 0.904 bits per heavy atom. The number of carbonyl (C=O) groups is 6. The summed E-state index contributed by atoms with van der Waals surface area (Å²) in [6, 6.07) is 4.21. The first-order valence-corrected chi connectivity index (χ1v) is 18.3. The van der Waals surface area contributed by atoms with Crippen LogP contribution in [-0.4, -0.2) is 78.2 Å². The van der Waals surface area contributed by atoms with Crippen molar-refractivity contribution in [1.29, 1.82) is 0 Å². The number of rotatable bonds is 14. The van der Waals surface area contributed by atoms with Crippen LogP contribution in [0.5, 0.6) is 0 Å². The third-order valence-electron chi connectivity index (χ3n) is 10.1. The van der Waals surface area contributed by atoms with Crippen molar-refractivity contribution in [2.45, 2.75) is 125 Å². The maximum atomic E-state index is 14.5. The fourth-order valence-electron chi connectivity index (χ4n) is 6.84. The minimum atomic E-state index is -1.12. The average molecular weight is 722 g/mol. The van der Waals surface area contributed by atoms with Crippen LogP contribution in [0, 0.1) is 40.4 Å². The topological polar surface area (TPSA) is 163 Å². The van der Waals surface area contributed by atoms with E-state index in [1.807, 2.05) is 65.0 Å². The molecule has 12 nitrogen and oxygen atoms in total. The van der Waals surface area contributed by atoms with Gasteiger partial charge in [-0.2, -0.15) is 0 Å². The van der Waals surface area contributed by atoms with E-state index in [1.165, 1.54) is 11.9 Å². The minimum Gasteiger partial charge on any atom is -0.459 e. The highest BCUT2D eigenvalue weighted by Crippen LogP contribution is 2.40. The van der Waals surface area contributed by atoms with E-state index in [2.05, 4.69) is 27.2 Å². The lowest BCUT2D eigenvalue weighted by molar-refractivity contribution is -0.148. The first-order chi connectivity index (χ1) is 24.2. The van der Waals surface area contributed by atoms with Gasteiger partial charge >= 0.3 is 12.0 Å². The van der Waals surface area contributed by atoms with Gasteiger partial charge in [0.05, 0.1) is 6.04 Å². The summed E-state index contributed by atoms with van der Waals surface area (Å²) < 4.78 is 5.57. The highest BCUT2D eigenvalue weighted by atomic mass is 16.5. The first-order valence-electron chi connectivity index (χ1n) is 18.3. The van der Waals surface area contributed by atoms with Crippen molar-refractivity contribution in [2.24, 2.45) is 28.1 Å². The molecule has 3 rings (SSSR count). The van der Waals surface area contributed by atoms with E-state index in [9.17, 15) is 28.8 Å². The number of hydrogen-bond donors (Lipinski definition) is 4. The maximum Gasteiger partial charge on any atom is 0.329 e. The largest absolute Gasteiger partial charge is 0.459 e. The lowest BCUT2D eigenvalue weighted by atomic mass is 9.74. The molecular weight excluding hydrogens is 662 g/mol. The van der Waals surface area contributed by atoms with Crippen molar-refractivity contribution >= 4 is 35.5 Å². The summed E-state index contributed by atoms with van der Waals surface area (Å²) in [6.07, 6.45) is 9.75. The van der Waals surface area contributed by atoms with Gasteiger partial charge in [0.25, 0.3) is 5.91 Å². The number of carbonyl (C=O) groups excluding carboxylic acids is 6. The monoisotopic (exact) mass is 721 g/mol. The number of amides is 5.